The number of pyridine rings is 2. The number of hydrogen-bond donors (Lipinski definition) is 1. The SMILES string of the molecule is Cc1ccc2nc(C)cc(C(=O)N[C@@H](c3ncccc3C)C3CC3)c2c1. The molecule has 3 aromatic rings. The molecule has 1 aliphatic rings. The molecule has 2 heterocycles. The molecule has 0 bridgehead atoms. The van der Waals surface area contributed by atoms with Crippen LogP contribution in [0.25, 0.3) is 10.9 Å². The maximum Gasteiger partial charge on any atom is 0.252 e. The molecule has 0 saturated heterocycles. The van der Waals surface area contributed by atoms with E-state index in [4.69, 9.17) is 0 Å². The molecule has 1 N–H and O–H groups in total. The van der Waals surface area contributed by atoms with E-state index >= 15 is 0 Å². The van der Waals surface area contributed by atoms with Gasteiger partial charge >= 0.3 is 0 Å². The minimum atomic E-state index is -0.0481. The maximum atomic E-state index is 13.2. The number of nitrogens with one attached hydrogen (secondary N) is 1. The molecule has 4 rings (SSSR count). The number of hydrogen-bond acceptors (Lipinski definition) is 3. The number of benzene rings is 1. The van der Waals surface area contributed by atoms with Gasteiger partial charge in [-0.2, -0.15) is 0 Å². The predicted molar refractivity (Wildman–Crippen MR) is 103 cm³/mol. The van der Waals surface area contributed by atoms with E-state index in [-0.39, 0.29) is 11.9 Å². The van der Waals surface area contributed by atoms with E-state index in [2.05, 4.69) is 28.3 Å². The summed E-state index contributed by atoms with van der Waals surface area (Å²) >= 11 is 0. The van der Waals surface area contributed by atoms with E-state index in [0.29, 0.717) is 11.5 Å². The summed E-state index contributed by atoms with van der Waals surface area (Å²) in [7, 11) is 0. The van der Waals surface area contributed by atoms with Crippen LogP contribution >= 0.6 is 0 Å². The van der Waals surface area contributed by atoms with Crippen LogP contribution in [0.4, 0.5) is 0 Å². The Labute approximate surface area is 153 Å². The fourth-order valence-electron chi connectivity index (χ4n) is 3.54. The monoisotopic (exact) mass is 345 g/mol. The number of aryl methyl sites for hydroxylation is 3. The molecule has 132 valence electrons. The number of rotatable bonds is 4. The Bertz CT molecular complexity index is 992. The molecular formula is C22H23N3O. The van der Waals surface area contributed by atoms with E-state index in [9.17, 15) is 4.79 Å². The molecule has 0 unspecified atom stereocenters. The van der Waals surface area contributed by atoms with Crippen molar-refractivity contribution < 1.29 is 4.79 Å². The van der Waals surface area contributed by atoms with Gasteiger partial charge in [0.1, 0.15) is 0 Å². The lowest BCUT2D eigenvalue weighted by molar-refractivity contribution is 0.0932. The van der Waals surface area contributed by atoms with E-state index < -0.39 is 0 Å². The van der Waals surface area contributed by atoms with Crippen LogP contribution in [-0.4, -0.2) is 15.9 Å². The van der Waals surface area contributed by atoms with Crippen LogP contribution < -0.4 is 5.32 Å². The molecule has 4 heteroatoms. The highest BCUT2D eigenvalue weighted by atomic mass is 16.1. The van der Waals surface area contributed by atoms with Crippen LogP contribution in [-0.2, 0) is 0 Å². The van der Waals surface area contributed by atoms with Gasteiger partial charge in [-0.15, -0.1) is 0 Å². The highest BCUT2D eigenvalue weighted by molar-refractivity contribution is 6.06. The summed E-state index contributed by atoms with van der Waals surface area (Å²) in [6, 6.07) is 11.9. The summed E-state index contributed by atoms with van der Waals surface area (Å²) < 4.78 is 0. The Morgan fingerprint density at radius 2 is 1.96 bits per heavy atom. The van der Waals surface area contributed by atoms with Crippen molar-refractivity contribution in [1.82, 2.24) is 15.3 Å². The molecule has 1 fully saturated rings. The average molecular weight is 345 g/mol. The van der Waals surface area contributed by atoms with Gasteiger partial charge in [0, 0.05) is 17.3 Å². The van der Waals surface area contributed by atoms with Gasteiger partial charge in [0.15, 0.2) is 0 Å². The smallest absolute Gasteiger partial charge is 0.252 e. The molecular weight excluding hydrogens is 322 g/mol. The summed E-state index contributed by atoms with van der Waals surface area (Å²) in [5.74, 6) is 0.427. The third-order valence-electron chi connectivity index (χ3n) is 5.06. The van der Waals surface area contributed by atoms with Crippen LogP contribution in [0.2, 0.25) is 0 Å². The average Bonchev–Trinajstić information content (AvgIpc) is 3.45. The Balaban J connectivity index is 1.72. The number of carbonyl (C=O) groups is 1. The number of amides is 1. The first-order valence-electron chi connectivity index (χ1n) is 9.13. The van der Waals surface area contributed by atoms with Crippen molar-refractivity contribution in [3.8, 4) is 0 Å². The third-order valence-corrected chi connectivity index (χ3v) is 5.06. The number of fused-ring (bicyclic) bond motifs is 1. The van der Waals surface area contributed by atoms with Gasteiger partial charge in [-0.1, -0.05) is 17.7 Å². The maximum absolute atomic E-state index is 13.2. The van der Waals surface area contributed by atoms with Gasteiger partial charge in [-0.25, -0.2) is 0 Å². The summed E-state index contributed by atoms with van der Waals surface area (Å²) in [6.45, 7) is 6.02. The minimum absolute atomic E-state index is 0.0305. The minimum Gasteiger partial charge on any atom is -0.343 e. The molecule has 1 saturated carbocycles. The lowest BCUT2D eigenvalue weighted by atomic mass is 10.0. The lowest BCUT2D eigenvalue weighted by Crippen LogP contribution is -2.31. The van der Waals surface area contributed by atoms with Crippen molar-refractivity contribution >= 4 is 16.8 Å². The zero-order chi connectivity index (χ0) is 18.3. The second-order valence-electron chi connectivity index (χ2n) is 7.33. The molecule has 0 spiro atoms. The van der Waals surface area contributed by atoms with Crippen molar-refractivity contribution in [2.45, 2.75) is 39.7 Å². The quantitative estimate of drug-likeness (QED) is 0.761. The Morgan fingerprint density at radius 1 is 1.15 bits per heavy atom. The summed E-state index contributed by atoms with van der Waals surface area (Å²) in [5.41, 5.74) is 5.62. The van der Waals surface area contributed by atoms with Crippen LogP contribution in [0, 0.1) is 26.7 Å². The van der Waals surface area contributed by atoms with Crippen molar-refractivity contribution in [2.75, 3.05) is 0 Å². The van der Waals surface area contributed by atoms with Gasteiger partial charge < -0.3 is 5.32 Å². The first kappa shape index (κ1) is 16.7. The third kappa shape index (κ3) is 3.19. The van der Waals surface area contributed by atoms with Crippen molar-refractivity contribution in [2.24, 2.45) is 5.92 Å². The Hall–Kier alpha value is -2.75. The summed E-state index contributed by atoms with van der Waals surface area (Å²) in [4.78, 5) is 22.3. The van der Waals surface area contributed by atoms with Crippen LogP contribution in [0.15, 0.2) is 42.6 Å². The normalized spacial score (nSPS) is 15.0. The molecule has 26 heavy (non-hydrogen) atoms. The second-order valence-corrected chi connectivity index (χ2v) is 7.33. The molecule has 1 aromatic carbocycles. The topological polar surface area (TPSA) is 54.9 Å². The van der Waals surface area contributed by atoms with Gasteiger partial charge in [0.05, 0.1) is 22.8 Å². The Kier molecular flexibility index (Phi) is 4.19. The van der Waals surface area contributed by atoms with Gasteiger partial charge in [0.25, 0.3) is 5.91 Å². The predicted octanol–water partition coefficient (Wildman–Crippen LogP) is 4.44. The van der Waals surface area contributed by atoms with Crippen LogP contribution in [0.1, 0.15) is 51.8 Å². The largest absolute Gasteiger partial charge is 0.343 e. The fraction of sp³-hybridized carbons (Fsp3) is 0.318. The molecule has 2 aromatic heterocycles. The van der Waals surface area contributed by atoms with E-state index in [1.165, 1.54) is 0 Å². The molecule has 1 aliphatic carbocycles. The van der Waals surface area contributed by atoms with Crippen molar-refractivity contribution in [3.63, 3.8) is 0 Å². The highest BCUT2D eigenvalue weighted by Gasteiger charge is 2.35. The van der Waals surface area contributed by atoms with Gasteiger partial charge in [0.2, 0.25) is 0 Å². The van der Waals surface area contributed by atoms with Crippen LogP contribution in [0.3, 0.4) is 0 Å². The first-order chi connectivity index (χ1) is 12.5. The van der Waals surface area contributed by atoms with E-state index in [0.717, 1.165) is 46.3 Å². The molecule has 0 aliphatic heterocycles. The van der Waals surface area contributed by atoms with Gasteiger partial charge in [-0.3, -0.25) is 14.8 Å². The lowest BCUT2D eigenvalue weighted by Gasteiger charge is -2.20. The second kappa shape index (κ2) is 6.52. The number of carbonyl (C=O) groups excluding carboxylic acids is 1. The van der Waals surface area contributed by atoms with Crippen molar-refractivity contribution in [1.29, 1.82) is 0 Å². The standard InChI is InChI=1S/C22H23N3O/c1-13-6-9-19-17(11-13)18(12-15(3)24-19)22(26)25-21(16-7-8-16)20-14(2)5-4-10-23-20/h4-6,9-12,16,21H,7-8H2,1-3H3,(H,25,26)/t21-/m1/s1. The first-order valence-corrected chi connectivity index (χ1v) is 9.13. The molecule has 0 radical (unpaired) electrons. The fourth-order valence-corrected chi connectivity index (χ4v) is 3.54. The molecule has 1 atom stereocenters. The highest BCUT2D eigenvalue weighted by Crippen LogP contribution is 2.41. The number of nitrogens with zero attached hydrogens (tertiary/aromatic N) is 2. The van der Waals surface area contributed by atoms with E-state index in [1.54, 1.807) is 6.20 Å². The van der Waals surface area contributed by atoms with Crippen LogP contribution in [0.5, 0.6) is 0 Å². The summed E-state index contributed by atoms with van der Waals surface area (Å²) in [5, 5.41) is 4.17. The molecule has 1 amide bonds. The number of aromatic nitrogens is 2. The molecule has 4 nitrogen and oxygen atoms in total. The van der Waals surface area contributed by atoms with Crippen molar-refractivity contribution in [3.05, 3.63) is 70.7 Å². The summed E-state index contributed by atoms with van der Waals surface area (Å²) in [6.07, 6.45) is 4.07. The van der Waals surface area contributed by atoms with E-state index in [1.807, 2.05) is 44.2 Å². The zero-order valence-corrected chi connectivity index (χ0v) is 15.4. The van der Waals surface area contributed by atoms with Gasteiger partial charge in [-0.05, 0) is 69.4 Å². The Morgan fingerprint density at radius 3 is 2.69 bits per heavy atom. The zero-order valence-electron chi connectivity index (χ0n) is 15.4.